The molecule has 102 valence electrons. The molecule has 6 nitrogen and oxygen atoms in total. The largest absolute Gasteiger partial charge is 0.275 e. The molecule has 8 heteroatoms. The van der Waals surface area contributed by atoms with Gasteiger partial charge >= 0.3 is 0 Å². The first-order valence-corrected chi connectivity index (χ1v) is 8.02. The van der Waals surface area contributed by atoms with Crippen LogP contribution in [0.25, 0.3) is 10.9 Å². The summed E-state index contributed by atoms with van der Waals surface area (Å²) in [7, 11) is -3.68. The van der Waals surface area contributed by atoms with E-state index in [1.54, 1.807) is 0 Å². The molecule has 0 aliphatic heterocycles. The van der Waals surface area contributed by atoms with E-state index in [1.807, 2.05) is 26.0 Å². The van der Waals surface area contributed by atoms with Crippen LogP contribution in [0.5, 0.6) is 0 Å². The van der Waals surface area contributed by atoms with E-state index in [0.717, 1.165) is 27.1 Å². The summed E-state index contributed by atoms with van der Waals surface area (Å²) in [5.74, 6) is 0.137. The number of nitrogens with one attached hydrogen (secondary N) is 1. The molecule has 0 radical (unpaired) electrons. The van der Waals surface area contributed by atoms with E-state index in [9.17, 15) is 8.42 Å². The third-order valence-corrected chi connectivity index (χ3v) is 4.30. The van der Waals surface area contributed by atoms with Crippen molar-refractivity contribution in [3.63, 3.8) is 0 Å². The van der Waals surface area contributed by atoms with Gasteiger partial charge in [0.05, 0.1) is 11.4 Å². The maximum absolute atomic E-state index is 10.8. The summed E-state index contributed by atoms with van der Waals surface area (Å²) in [4.78, 5) is 8.39. The van der Waals surface area contributed by atoms with Crippen LogP contribution in [0.2, 0.25) is 0 Å². The second-order valence-electron chi connectivity index (χ2n) is 4.11. The van der Waals surface area contributed by atoms with Crippen LogP contribution in [-0.4, -0.2) is 24.3 Å². The molecule has 0 saturated carbocycles. The van der Waals surface area contributed by atoms with Gasteiger partial charge in [-0.05, 0) is 37.1 Å². The van der Waals surface area contributed by atoms with E-state index >= 15 is 0 Å². The van der Waals surface area contributed by atoms with E-state index in [1.165, 1.54) is 18.1 Å². The number of aromatic nitrogens is 2. The molecule has 0 aliphatic carbocycles. The molecule has 1 heterocycles. The number of fused-ring (bicyclic) bond motifs is 1. The second-order valence-corrected chi connectivity index (χ2v) is 6.45. The van der Waals surface area contributed by atoms with Crippen molar-refractivity contribution in [1.82, 2.24) is 14.7 Å². The highest BCUT2D eigenvalue weighted by atomic mass is 32.2. The highest BCUT2D eigenvalue weighted by Crippen LogP contribution is 2.26. The Bertz CT molecular complexity index is 716. The summed E-state index contributed by atoms with van der Waals surface area (Å²) in [6.07, 6.45) is 1.47. The third kappa shape index (κ3) is 3.63. The van der Waals surface area contributed by atoms with E-state index in [0.29, 0.717) is 0 Å². The van der Waals surface area contributed by atoms with Gasteiger partial charge in [0.25, 0.3) is 10.2 Å². The quantitative estimate of drug-likeness (QED) is 0.500. The monoisotopic (exact) mass is 298 g/mol. The first kappa shape index (κ1) is 14.2. The van der Waals surface area contributed by atoms with Gasteiger partial charge in [-0.25, -0.2) is 15.1 Å². The number of benzene rings is 1. The average Bonchev–Trinajstić information content (AvgIpc) is 2.30. The number of aryl methyl sites for hydroxylation is 2. The molecule has 0 unspecified atom stereocenters. The summed E-state index contributed by atoms with van der Waals surface area (Å²) in [5.41, 5.74) is 3.14. The topological polar surface area (TPSA) is 98.0 Å². The maximum Gasteiger partial charge on any atom is 0.275 e. The van der Waals surface area contributed by atoms with Crippen LogP contribution in [0.15, 0.2) is 23.5 Å². The Labute approximate surface area is 116 Å². The fourth-order valence-electron chi connectivity index (χ4n) is 1.59. The Kier molecular flexibility index (Phi) is 4.04. The summed E-state index contributed by atoms with van der Waals surface area (Å²) >= 11 is 1.27. The lowest BCUT2D eigenvalue weighted by Crippen LogP contribution is -2.30. The molecule has 0 amide bonds. The fourth-order valence-corrected chi connectivity index (χ4v) is 3.06. The van der Waals surface area contributed by atoms with Gasteiger partial charge in [-0.1, -0.05) is 11.8 Å². The first-order chi connectivity index (χ1) is 8.87. The Balaban J connectivity index is 2.31. The standard InChI is InChI=1S/C11H14N4O2S2/c1-7-3-9-10(4-8(7)2)13-5-14-11(9)18-6-15-19(12,16)17/h3-5,15H,6H2,1-2H3,(H2,12,16,17). The molecular weight excluding hydrogens is 284 g/mol. The van der Waals surface area contributed by atoms with E-state index < -0.39 is 10.2 Å². The predicted molar refractivity (Wildman–Crippen MR) is 76.0 cm³/mol. The van der Waals surface area contributed by atoms with Gasteiger partial charge in [0.15, 0.2) is 0 Å². The zero-order valence-electron chi connectivity index (χ0n) is 10.5. The highest BCUT2D eigenvalue weighted by Gasteiger charge is 2.08. The zero-order valence-corrected chi connectivity index (χ0v) is 12.2. The lowest BCUT2D eigenvalue weighted by Gasteiger charge is -2.07. The van der Waals surface area contributed by atoms with E-state index in [-0.39, 0.29) is 5.88 Å². The van der Waals surface area contributed by atoms with Crippen molar-refractivity contribution in [1.29, 1.82) is 0 Å². The van der Waals surface area contributed by atoms with Crippen LogP contribution < -0.4 is 9.86 Å². The zero-order chi connectivity index (χ0) is 14.0. The van der Waals surface area contributed by atoms with Gasteiger partial charge in [0, 0.05) is 5.39 Å². The second kappa shape index (κ2) is 5.41. The van der Waals surface area contributed by atoms with Crippen molar-refractivity contribution in [2.24, 2.45) is 5.14 Å². The minimum Gasteiger partial charge on any atom is -0.236 e. The van der Waals surface area contributed by atoms with Crippen LogP contribution in [0.3, 0.4) is 0 Å². The van der Waals surface area contributed by atoms with E-state index in [2.05, 4.69) is 14.7 Å². The molecule has 0 aliphatic rings. The molecule has 19 heavy (non-hydrogen) atoms. The molecule has 2 aromatic rings. The normalized spacial score (nSPS) is 11.9. The van der Waals surface area contributed by atoms with Gasteiger partial charge < -0.3 is 0 Å². The number of rotatable bonds is 4. The number of hydrogen-bond donors (Lipinski definition) is 2. The molecule has 0 spiro atoms. The molecule has 0 saturated heterocycles. The Morgan fingerprint density at radius 3 is 2.63 bits per heavy atom. The fraction of sp³-hybridized carbons (Fsp3) is 0.273. The number of nitrogens with zero attached hydrogens (tertiary/aromatic N) is 2. The number of nitrogens with two attached hydrogens (primary N) is 1. The van der Waals surface area contributed by atoms with Crippen LogP contribution in [0, 0.1) is 13.8 Å². The van der Waals surface area contributed by atoms with Gasteiger partial charge in [-0.2, -0.15) is 13.1 Å². The van der Waals surface area contributed by atoms with E-state index in [4.69, 9.17) is 5.14 Å². The Hall–Kier alpha value is -1.22. The van der Waals surface area contributed by atoms with Crippen molar-refractivity contribution in [3.05, 3.63) is 29.6 Å². The van der Waals surface area contributed by atoms with Gasteiger partial charge in [0.2, 0.25) is 0 Å². The van der Waals surface area contributed by atoms with Crippen molar-refractivity contribution >= 4 is 32.9 Å². The first-order valence-electron chi connectivity index (χ1n) is 5.49. The van der Waals surface area contributed by atoms with Gasteiger partial charge in [-0.15, -0.1) is 0 Å². The predicted octanol–water partition coefficient (Wildman–Crippen LogP) is 1.09. The molecule has 3 N–H and O–H groups in total. The maximum atomic E-state index is 10.8. The highest BCUT2D eigenvalue weighted by molar-refractivity contribution is 8.00. The van der Waals surface area contributed by atoms with Crippen molar-refractivity contribution in [2.75, 3.05) is 5.88 Å². The molecule has 1 aromatic carbocycles. The number of hydrogen-bond acceptors (Lipinski definition) is 5. The van der Waals surface area contributed by atoms with Crippen LogP contribution in [0.4, 0.5) is 0 Å². The molecule has 2 rings (SSSR count). The summed E-state index contributed by atoms with van der Waals surface area (Å²) in [6.45, 7) is 4.03. The summed E-state index contributed by atoms with van der Waals surface area (Å²) in [5, 5.41) is 6.51. The molecule has 0 fully saturated rings. The van der Waals surface area contributed by atoms with Crippen molar-refractivity contribution in [2.45, 2.75) is 18.9 Å². The van der Waals surface area contributed by atoms with Crippen molar-refractivity contribution < 1.29 is 8.42 Å². The molecular formula is C11H14N4O2S2. The lowest BCUT2D eigenvalue weighted by molar-refractivity contribution is 0.589. The lowest BCUT2D eigenvalue weighted by atomic mass is 10.1. The molecule has 1 aromatic heterocycles. The minimum atomic E-state index is -3.68. The van der Waals surface area contributed by atoms with Crippen molar-refractivity contribution in [3.8, 4) is 0 Å². The van der Waals surface area contributed by atoms with Crippen LogP contribution >= 0.6 is 11.8 Å². The molecule has 0 bridgehead atoms. The minimum absolute atomic E-state index is 0.137. The average molecular weight is 298 g/mol. The molecule has 0 atom stereocenters. The van der Waals surface area contributed by atoms with Crippen LogP contribution in [-0.2, 0) is 10.2 Å². The van der Waals surface area contributed by atoms with Gasteiger partial charge in [-0.3, -0.25) is 0 Å². The van der Waals surface area contributed by atoms with Crippen LogP contribution in [0.1, 0.15) is 11.1 Å². The number of thioether (sulfide) groups is 1. The van der Waals surface area contributed by atoms with Gasteiger partial charge in [0.1, 0.15) is 11.4 Å². The Morgan fingerprint density at radius 1 is 1.26 bits per heavy atom. The summed E-state index contributed by atoms with van der Waals surface area (Å²) < 4.78 is 23.8. The smallest absolute Gasteiger partial charge is 0.236 e. The third-order valence-electron chi connectivity index (χ3n) is 2.68. The SMILES string of the molecule is Cc1cc2ncnc(SCNS(N)(=O)=O)c2cc1C. The summed E-state index contributed by atoms with van der Waals surface area (Å²) in [6, 6.07) is 3.99. The Morgan fingerprint density at radius 2 is 1.95 bits per heavy atom.